The summed E-state index contributed by atoms with van der Waals surface area (Å²) in [6.45, 7) is 0. The topological polar surface area (TPSA) is 51.6 Å². The van der Waals surface area contributed by atoms with Gasteiger partial charge in [0.1, 0.15) is 0 Å². The van der Waals surface area contributed by atoms with Gasteiger partial charge in [-0.05, 0) is 57.3 Å². The minimum Gasteiger partial charge on any atom is -0.256 e. The SMILES string of the molecule is c1cnc2c(c1)ccc1cc(-c3ccc(-c4cnc(-c5ccc(-c6ccc7c(ccc8cccnc87)c6)cc5)cn4)cc3)ccc12. The lowest BCUT2D eigenvalue weighted by molar-refractivity contribution is 1.21. The van der Waals surface area contributed by atoms with Crippen LogP contribution in [-0.2, 0) is 0 Å². The zero-order valence-electron chi connectivity index (χ0n) is 24.8. The highest BCUT2D eigenvalue weighted by Gasteiger charge is 2.09. The van der Waals surface area contributed by atoms with Gasteiger partial charge in [-0.2, -0.15) is 0 Å². The third-order valence-electron chi connectivity index (χ3n) is 8.86. The maximum Gasteiger partial charge on any atom is 0.0885 e. The van der Waals surface area contributed by atoms with E-state index < -0.39 is 0 Å². The van der Waals surface area contributed by atoms with Gasteiger partial charge in [0.25, 0.3) is 0 Å². The van der Waals surface area contributed by atoms with Crippen molar-refractivity contribution in [3.05, 3.63) is 158 Å². The minimum atomic E-state index is 0.848. The van der Waals surface area contributed by atoms with E-state index in [0.717, 1.165) is 55.4 Å². The zero-order valence-corrected chi connectivity index (χ0v) is 24.8. The molecule has 0 atom stereocenters. The summed E-state index contributed by atoms with van der Waals surface area (Å²) in [5.74, 6) is 0. The fraction of sp³-hybridized carbons (Fsp3) is 0. The van der Waals surface area contributed by atoms with Gasteiger partial charge in [-0.25, -0.2) is 0 Å². The highest BCUT2D eigenvalue weighted by Crippen LogP contribution is 2.32. The van der Waals surface area contributed by atoms with E-state index in [2.05, 4.69) is 131 Å². The predicted octanol–water partition coefficient (Wildman–Crippen LogP) is 10.5. The molecule has 0 amide bonds. The van der Waals surface area contributed by atoms with E-state index in [1.165, 1.54) is 32.7 Å². The molecule has 4 nitrogen and oxygen atoms in total. The van der Waals surface area contributed by atoms with Crippen molar-refractivity contribution in [3.8, 4) is 44.8 Å². The highest BCUT2D eigenvalue weighted by molar-refractivity contribution is 6.07. The van der Waals surface area contributed by atoms with E-state index in [1.807, 2.05) is 36.9 Å². The fourth-order valence-corrected chi connectivity index (χ4v) is 6.40. The Hall–Kier alpha value is -6.26. The second-order valence-corrected chi connectivity index (χ2v) is 11.6. The molecule has 0 aliphatic heterocycles. The van der Waals surface area contributed by atoms with Crippen molar-refractivity contribution in [1.82, 2.24) is 19.9 Å². The molecule has 9 aromatic rings. The molecule has 9 rings (SSSR count). The highest BCUT2D eigenvalue weighted by atomic mass is 14.8. The maximum atomic E-state index is 4.76. The van der Waals surface area contributed by atoms with Crippen molar-refractivity contribution >= 4 is 43.4 Å². The van der Waals surface area contributed by atoms with Gasteiger partial charge in [0.15, 0.2) is 0 Å². The van der Waals surface area contributed by atoms with Crippen LogP contribution in [0.5, 0.6) is 0 Å². The molecule has 0 saturated heterocycles. The molecule has 0 aliphatic rings. The summed E-state index contributed by atoms with van der Waals surface area (Å²) < 4.78 is 0. The van der Waals surface area contributed by atoms with E-state index in [-0.39, 0.29) is 0 Å². The summed E-state index contributed by atoms with van der Waals surface area (Å²) in [6.07, 6.45) is 7.42. The molecule has 0 saturated carbocycles. The van der Waals surface area contributed by atoms with Gasteiger partial charge in [-0.15, -0.1) is 0 Å². The van der Waals surface area contributed by atoms with E-state index in [9.17, 15) is 0 Å². The van der Waals surface area contributed by atoms with E-state index in [0.29, 0.717) is 0 Å². The molecular formula is C42H26N4. The molecule has 46 heavy (non-hydrogen) atoms. The van der Waals surface area contributed by atoms with Crippen LogP contribution in [0.1, 0.15) is 0 Å². The molecule has 0 N–H and O–H groups in total. The molecule has 4 heteroatoms. The Morgan fingerprint density at radius 2 is 0.696 bits per heavy atom. The summed E-state index contributed by atoms with van der Waals surface area (Å²) in [7, 11) is 0. The number of hydrogen-bond acceptors (Lipinski definition) is 4. The number of pyridine rings is 2. The zero-order chi connectivity index (χ0) is 30.5. The van der Waals surface area contributed by atoms with Crippen LogP contribution in [0.15, 0.2) is 158 Å². The molecule has 0 fully saturated rings. The average Bonchev–Trinajstić information content (AvgIpc) is 3.14. The van der Waals surface area contributed by atoms with Gasteiger partial charge in [0.05, 0.1) is 34.8 Å². The Morgan fingerprint density at radius 3 is 1.13 bits per heavy atom. The number of fused-ring (bicyclic) bond motifs is 6. The number of aromatic nitrogens is 4. The predicted molar refractivity (Wildman–Crippen MR) is 189 cm³/mol. The third-order valence-corrected chi connectivity index (χ3v) is 8.86. The first-order valence-electron chi connectivity index (χ1n) is 15.4. The lowest BCUT2D eigenvalue weighted by atomic mass is 9.98. The second-order valence-electron chi connectivity index (χ2n) is 11.6. The molecule has 3 heterocycles. The van der Waals surface area contributed by atoms with Gasteiger partial charge in [0, 0.05) is 45.1 Å². The number of rotatable bonds is 4. The molecule has 0 unspecified atom stereocenters. The average molecular weight is 587 g/mol. The Morgan fingerprint density at radius 1 is 0.304 bits per heavy atom. The first-order chi connectivity index (χ1) is 22.8. The Kier molecular flexibility index (Phi) is 6.10. The van der Waals surface area contributed by atoms with E-state index in [1.54, 1.807) is 0 Å². The number of benzene rings is 6. The van der Waals surface area contributed by atoms with Crippen LogP contribution in [-0.4, -0.2) is 19.9 Å². The summed E-state index contributed by atoms with van der Waals surface area (Å²) in [5, 5.41) is 7.03. The maximum absolute atomic E-state index is 4.76. The molecular weight excluding hydrogens is 560 g/mol. The summed E-state index contributed by atoms with van der Waals surface area (Å²) in [6, 6.07) is 47.0. The second kappa shape index (κ2) is 10.7. The van der Waals surface area contributed by atoms with Crippen molar-refractivity contribution < 1.29 is 0 Å². The summed E-state index contributed by atoms with van der Waals surface area (Å²) in [4.78, 5) is 18.7. The van der Waals surface area contributed by atoms with Crippen LogP contribution in [0.4, 0.5) is 0 Å². The normalized spacial score (nSPS) is 11.5. The monoisotopic (exact) mass is 586 g/mol. The molecule has 214 valence electrons. The van der Waals surface area contributed by atoms with Gasteiger partial charge in [0.2, 0.25) is 0 Å². The van der Waals surface area contributed by atoms with Gasteiger partial charge in [-0.1, -0.05) is 109 Å². The molecule has 0 aliphatic carbocycles. The Balaban J connectivity index is 0.939. The van der Waals surface area contributed by atoms with Crippen LogP contribution < -0.4 is 0 Å². The molecule has 0 bridgehead atoms. The third kappa shape index (κ3) is 4.56. The largest absolute Gasteiger partial charge is 0.256 e. The van der Waals surface area contributed by atoms with Crippen LogP contribution >= 0.6 is 0 Å². The Bertz CT molecular complexity index is 2370. The lowest BCUT2D eigenvalue weighted by Crippen LogP contribution is -1.90. The van der Waals surface area contributed by atoms with Gasteiger partial charge >= 0.3 is 0 Å². The molecule has 0 spiro atoms. The van der Waals surface area contributed by atoms with E-state index in [4.69, 9.17) is 9.97 Å². The molecule has 3 aromatic heterocycles. The van der Waals surface area contributed by atoms with E-state index >= 15 is 0 Å². The van der Waals surface area contributed by atoms with Crippen LogP contribution in [0.3, 0.4) is 0 Å². The van der Waals surface area contributed by atoms with Crippen LogP contribution in [0.2, 0.25) is 0 Å². The molecule has 6 aromatic carbocycles. The molecule has 0 radical (unpaired) electrons. The first kappa shape index (κ1) is 26.2. The summed E-state index contributed by atoms with van der Waals surface area (Å²) >= 11 is 0. The number of hydrogen-bond donors (Lipinski definition) is 0. The van der Waals surface area contributed by atoms with Crippen molar-refractivity contribution in [1.29, 1.82) is 0 Å². The van der Waals surface area contributed by atoms with Crippen LogP contribution in [0, 0.1) is 0 Å². The van der Waals surface area contributed by atoms with Crippen molar-refractivity contribution in [2.45, 2.75) is 0 Å². The Labute approximate surface area is 265 Å². The summed E-state index contributed by atoms with van der Waals surface area (Å²) in [5.41, 5.74) is 10.5. The lowest BCUT2D eigenvalue weighted by Gasteiger charge is -2.09. The fourth-order valence-electron chi connectivity index (χ4n) is 6.40. The minimum absolute atomic E-state index is 0.848. The van der Waals surface area contributed by atoms with Crippen molar-refractivity contribution in [2.75, 3.05) is 0 Å². The smallest absolute Gasteiger partial charge is 0.0885 e. The quantitative estimate of drug-likeness (QED) is 0.193. The van der Waals surface area contributed by atoms with Crippen molar-refractivity contribution in [3.63, 3.8) is 0 Å². The number of nitrogens with zero attached hydrogens (tertiary/aromatic N) is 4. The standard InChI is InChI=1S/C42H26N4/c1-3-31-13-15-35-23-33(17-19-37(35)41(31)43-21-1)27-5-9-29(10-6-27)39-25-46-40(26-45-39)30-11-7-28(8-12-30)34-18-20-38-36(24-34)16-14-32-4-2-22-44-42(32)38/h1-26H. The van der Waals surface area contributed by atoms with Gasteiger partial charge < -0.3 is 0 Å². The van der Waals surface area contributed by atoms with Crippen LogP contribution in [0.25, 0.3) is 88.1 Å². The van der Waals surface area contributed by atoms with Gasteiger partial charge in [-0.3, -0.25) is 19.9 Å². The van der Waals surface area contributed by atoms with Crippen molar-refractivity contribution in [2.24, 2.45) is 0 Å². The first-order valence-corrected chi connectivity index (χ1v) is 15.4.